The van der Waals surface area contributed by atoms with Gasteiger partial charge in [0.15, 0.2) is 0 Å². The maximum atomic E-state index is 2.75. The molecule has 0 amide bonds. The molecule has 7 aromatic carbocycles. The van der Waals surface area contributed by atoms with Crippen LogP contribution in [0.25, 0.3) is 22.3 Å². The maximum Gasteiger partial charge on any atom is 0.252 e. The van der Waals surface area contributed by atoms with Crippen LogP contribution in [0.2, 0.25) is 0 Å². The third kappa shape index (κ3) is 3.93. The molecule has 7 aromatic rings. The van der Waals surface area contributed by atoms with Gasteiger partial charge in [-0.05, 0) is 181 Å². The van der Waals surface area contributed by atoms with Crippen LogP contribution in [0.5, 0.6) is 0 Å². The third-order valence-electron chi connectivity index (χ3n) is 21.4. The highest BCUT2D eigenvalue weighted by Gasteiger charge is 2.73. The monoisotopic (exact) mass is 840 g/mol. The Labute approximate surface area is 385 Å². The Bertz CT molecular complexity index is 3270. The van der Waals surface area contributed by atoms with E-state index >= 15 is 0 Å². The lowest BCUT2D eigenvalue weighted by Gasteiger charge is -2.49. The minimum absolute atomic E-state index is 0.0128. The van der Waals surface area contributed by atoms with E-state index in [2.05, 4.69) is 203 Å². The molecular weight excluding hydrogens is 784 g/mol. The van der Waals surface area contributed by atoms with E-state index in [4.69, 9.17) is 0 Å². The van der Waals surface area contributed by atoms with Crippen molar-refractivity contribution >= 4 is 57.2 Å². The number of fused-ring (bicyclic) bond motifs is 20. The zero-order valence-electron chi connectivity index (χ0n) is 38.8. The van der Waals surface area contributed by atoms with E-state index < -0.39 is 0 Å². The van der Waals surface area contributed by atoms with Gasteiger partial charge in [0.1, 0.15) is 0 Å². The largest absolute Gasteiger partial charge is 0.311 e. The fraction of sp³-hybridized carbons (Fsp3) is 0.323. The van der Waals surface area contributed by atoms with Crippen molar-refractivity contribution in [2.24, 2.45) is 33.5 Å². The highest BCUT2D eigenvalue weighted by molar-refractivity contribution is 7.00. The Balaban J connectivity index is 0.974. The van der Waals surface area contributed by atoms with Crippen molar-refractivity contribution in [3.63, 3.8) is 0 Å². The molecule has 1 unspecified atom stereocenters. The molecule has 4 bridgehead atoms. The van der Waals surface area contributed by atoms with Crippen molar-refractivity contribution in [2.45, 2.75) is 90.9 Å². The van der Waals surface area contributed by atoms with E-state index in [1.807, 2.05) is 0 Å². The van der Waals surface area contributed by atoms with Crippen LogP contribution in [0.1, 0.15) is 102 Å². The summed E-state index contributed by atoms with van der Waals surface area (Å²) in [7, 11) is 0. The molecule has 2 spiro atoms. The van der Waals surface area contributed by atoms with Crippen molar-refractivity contribution in [3.8, 4) is 22.3 Å². The minimum Gasteiger partial charge on any atom is -0.311 e. The summed E-state index contributed by atoms with van der Waals surface area (Å²) in [5, 5.41) is 0. The van der Waals surface area contributed by atoms with Crippen LogP contribution < -0.4 is 26.2 Å². The van der Waals surface area contributed by atoms with Crippen molar-refractivity contribution < 1.29 is 0 Å². The van der Waals surface area contributed by atoms with E-state index in [-0.39, 0.29) is 33.8 Å². The summed E-state index contributed by atoms with van der Waals surface area (Å²) >= 11 is 0. The molecule has 0 aromatic heterocycles. The Morgan fingerprint density at radius 1 is 0.415 bits per heavy atom. The predicted octanol–water partition coefficient (Wildman–Crippen LogP) is 14.0. The van der Waals surface area contributed by atoms with Crippen molar-refractivity contribution in [3.05, 3.63) is 174 Å². The number of rotatable bonds is 2. The molecule has 0 N–H and O–H groups in total. The van der Waals surface area contributed by atoms with Crippen LogP contribution in [0.4, 0.5) is 34.1 Å². The molecule has 6 atom stereocenters. The second kappa shape index (κ2) is 11.8. The number of anilines is 6. The first-order valence-corrected chi connectivity index (χ1v) is 24.9. The summed E-state index contributed by atoms with van der Waals surface area (Å²) in [5.74, 6) is 1.46. The van der Waals surface area contributed by atoms with Gasteiger partial charge in [0.25, 0.3) is 6.71 Å². The van der Waals surface area contributed by atoms with Crippen LogP contribution >= 0.6 is 0 Å². The van der Waals surface area contributed by atoms with Crippen LogP contribution in [-0.4, -0.2) is 6.71 Å². The Hall–Kier alpha value is -5.80. The van der Waals surface area contributed by atoms with Gasteiger partial charge < -0.3 is 9.80 Å². The number of hydrogen-bond donors (Lipinski definition) is 0. The lowest BCUT2D eigenvalue weighted by Crippen LogP contribution is -2.61. The molecule has 0 saturated heterocycles. The molecule has 2 heterocycles. The molecule has 4 saturated carbocycles. The highest BCUT2D eigenvalue weighted by atomic mass is 15.2. The number of nitrogens with zero attached hydrogens (tertiary/aromatic N) is 2. The summed E-state index contributed by atoms with van der Waals surface area (Å²) in [6, 6.07) is 59.8. The predicted molar refractivity (Wildman–Crippen MR) is 271 cm³/mol. The standard InChI is InChI=1S/C62H57BN2/c1-57(2)38-29-31-59(57,5)61(36-38)46-21-12-10-19-42(46)44-33-41(27-28-48(44)61)65-52-24-15-14-23-50(52)63-51-35-49-45(34-55(51)64(40-17-8-7-9-18-40)53-25-16-26-54(65)56(53)63)43-20-11-13-22-47(43)62(49)37-39-30-32-60(62,6)58(39,3)4/h7-28,33-35,38-39H,29-32,36-37H2,1-6H3/t38-,39-,59?,60-,61+,62+/m1/s1. The van der Waals surface area contributed by atoms with E-state index in [1.54, 1.807) is 22.3 Å². The molecule has 8 aliphatic rings. The molecule has 15 rings (SSSR count). The fourth-order valence-corrected chi connectivity index (χ4v) is 17.6. The molecule has 65 heavy (non-hydrogen) atoms. The van der Waals surface area contributed by atoms with Gasteiger partial charge in [-0.3, -0.25) is 0 Å². The maximum absolute atomic E-state index is 2.75. The van der Waals surface area contributed by atoms with E-state index in [0.29, 0.717) is 11.3 Å². The summed E-state index contributed by atoms with van der Waals surface area (Å²) in [6.07, 6.45) is 7.75. The van der Waals surface area contributed by atoms with Gasteiger partial charge in [-0.15, -0.1) is 0 Å². The molecule has 6 aliphatic carbocycles. The number of para-hydroxylation sites is 2. The average Bonchev–Trinajstić information content (AvgIpc) is 4.02. The van der Waals surface area contributed by atoms with Crippen LogP contribution in [0.3, 0.4) is 0 Å². The summed E-state index contributed by atoms with van der Waals surface area (Å²) in [4.78, 5) is 5.24. The zero-order valence-corrected chi connectivity index (χ0v) is 38.8. The molecule has 0 radical (unpaired) electrons. The quantitative estimate of drug-likeness (QED) is 0.160. The van der Waals surface area contributed by atoms with Gasteiger partial charge in [0.2, 0.25) is 0 Å². The number of benzene rings is 7. The fourth-order valence-electron chi connectivity index (χ4n) is 17.6. The number of hydrogen-bond acceptors (Lipinski definition) is 2. The van der Waals surface area contributed by atoms with Gasteiger partial charge in [-0.2, -0.15) is 0 Å². The van der Waals surface area contributed by atoms with Gasteiger partial charge in [-0.25, -0.2) is 0 Å². The highest BCUT2D eigenvalue weighted by Crippen LogP contribution is 2.79. The summed E-state index contributed by atoms with van der Waals surface area (Å²) in [6.45, 7) is 15.7. The lowest BCUT2D eigenvalue weighted by atomic mass is 9.33. The Morgan fingerprint density at radius 3 is 1.55 bits per heavy atom. The first-order chi connectivity index (χ1) is 31.5. The summed E-state index contributed by atoms with van der Waals surface area (Å²) in [5.41, 5.74) is 24.9. The minimum atomic E-state index is -0.0128. The van der Waals surface area contributed by atoms with Crippen molar-refractivity contribution in [1.82, 2.24) is 0 Å². The Kier molecular flexibility index (Phi) is 6.78. The molecule has 318 valence electrons. The average molecular weight is 841 g/mol. The normalized spacial score (nSPS) is 30.0. The van der Waals surface area contributed by atoms with Gasteiger partial charge in [-0.1, -0.05) is 145 Å². The third-order valence-corrected chi connectivity index (χ3v) is 21.4. The topological polar surface area (TPSA) is 6.48 Å². The smallest absolute Gasteiger partial charge is 0.252 e. The molecule has 2 nitrogen and oxygen atoms in total. The molecule has 4 fully saturated rings. The first-order valence-electron chi connectivity index (χ1n) is 24.9. The van der Waals surface area contributed by atoms with E-state index in [1.165, 1.54) is 111 Å². The Morgan fingerprint density at radius 2 is 0.938 bits per heavy atom. The first kappa shape index (κ1) is 37.4. The van der Waals surface area contributed by atoms with Crippen LogP contribution in [0, 0.1) is 33.5 Å². The molecule has 2 aliphatic heterocycles. The molecule has 3 heteroatoms. The van der Waals surface area contributed by atoms with Crippen molar-refractivity contribution in [1.29, 1.82) is 0 Å². The van der Waals surface area contributed by atoms with E-state index in [9.17, 15) is 0 Å². The van der Waals surface area contributed by atoms with Gasteiger partial charge >= 0.3 is 0 Å². The molecular formula is C62H57BN2. The second-order valence-corrected chi connectivity index (χ2v) is 23.3. The van der Waals surface area contributed by atoms with Gasteiger partial charge in [0.05, 0.1) is 0 Å². The van der Waals surface area contributed by atoms with Crippen molar-refractivity contribution in [2.75, 3.05) is 9.80 Å². The van der Waals surface area contributed by atoms with Gasteiger partial charge in [0, 0.05) is 45.0 Å². The summed E-state index contributed by atoms with van der Waals surface area (Å²) < 4.78 is 0. The SMILES string of the molecule is CC1(C)[C@@H]2CCC1(C)[C@@]1(C2)c2ccccc2-c2cc(N3c4ccccc4B4c5cc6c(cc5N(c5ccccc5)c5cccc3c54)-c3ccccc3[C@@]63C[C@H]4CC[C@]3(C)C4(C)C)ccc21. The van der Waals surface area contributed by atoms with Crippen LogP contribution in [-0.2, 0) is 10.8 Å². The van der Waals surface area contributed by atoms with E-state index in [0.717, 1.165) is 5.92 Å². The van der Waals surface area contributed by atoms with Crippen LogP contribution in [0.15, 0.2) is 152 Å². The second-order valence-electron chi connectivity index (χ2n) is 23.3. The zero-order chi connectivity index (χ0) is 43.6. The lowest BCUT2D eigenvalue weighted by molar-refractivity contribution is 0.0990.